The van der Waals surface area contributed by atoms with Gasteiger partial charge >= 0.3 is 5.69 Å². The fraction of sp³-hybridized carbons (Fsp3) is 0.312. The number of amides is 1. The molecule has 0 radical (unpaired) electrons. The van der Waals surface area contributed by atoms with Crippen LogP contribution in [0.15, 0.2) is 40.3 Å². The van der Waals surface area contributed by atoms with E-state index in [1.807, 2.05) is 13.1 Å². The molecule has 130 valence electrons. The largest absolute Gasteiger partial charge is 0.342 e. The summed E-state index contributed by atoms with van der Waals surface area (Å²) in [6.45, 7) is 1.91. The summed E-state index contributed by atoms with van der Waals surface area (Å²) in [5, 5.41) is 2.82. The Labute approximate surface area is 142 Å². The molecule has 0 spiro atoms. The Kier molecular flexibility index (Phi) is 4.22. The lowest BCUT2D eigenvalue weighted by Crippen LogP contribution is -2.41. The normalized spacial score (nSPS) is 12.3. The van der Waals surface area contributed by atoms with E-state index in [1.165, 1.54) is 14.1 Å². The summed E-state index contributed by atoms with van der Waals surface area (Å²) < 4.78 is 3.86. The molecule has 25 heavy (non-hydrogen) atoms. The van der Waals surface area contributed by atoms with E-state index in [0.717, 1.165) is 15.2 Å². The molecule has 0 fully saturated rings. The summed E-state index contributed by atoms with van der Waals surface area (Å²) in [5.74, 6) is 0.0281. The van der Waals surface area contributed by atoms with Crippen molar-refractivity contribution in [3.05, 3.63) is 62.9 Å². The number of hydrogen-bond donors (Lipinski definition) is 1. The topological polar surface area (TPSA) is 103 Å². The maximum Gasteiger partial charge on any atom is 0.331 e. The van der Waals surface area contributed by atoms with Gasteiger partial charge in [0.2, 0.25) is 5.78 Å². The first-order valence-electron chi connectivity index (χ1n) is 7.80. The number of imidazole rings is 1. The van der Waals surface area contributed by atoms with E-state index >= 15 is 0 Å². The van der Waals surface area contributed by atoms with E-state index in [9.17, 15) is 14.4 Å². The molecule has 3 heterocycles. The number of nitrogens with zero attached hydrogens (tertiary/aromatic N) is 5. The second-order valence-electron chi connectivity index (χ2n) is 5.70. The fourth-order valence-corrected chi connectivity index (χ4v) is 2.58. The Hall–Kier alpha value is -3.23. The summed E-state index contributed by atoms with van der Waals surface area (Å²) in [5.41, 5.74) is -0.419. The predicted octanol–water partition coefficient (Wildman–Crippen LogP) is 0.00780. The molecular formula is C16H18N6O3. The van der Waals surface area contributed by atoms with Crippen molar-refractivity contribution in [3.63, 3.8) is 0 Å². The van der Waals surface area contributed by atoms with Crippen molar-refractivity contribution in [2.24, 2.45) is 14.1 Å². The quantitative estimate of drug-likeness (QED) is 0.719. The molecule has 1 atom stereocenters. The van der Waals surface area contributed by atoms with E-state index in [2.05, 4.69) is 15.3 Å². The number of aromatic nitrogens is 5. The van der Waals surface area contributed by atoms with E-state index in [1.54, 1.807) is 22.9 Å². The predicted molar refractivity (Wildman–Crippen MR) is 90.4 cm³/mol. The van der Waals surface area contributed by atoms with Gasteiger partial charge < -0.3 is 5.32 Å². The highest BCUT2D eigenvalue weighted by Gasteiger charge is 2.20. The SMILES string of the molecule is CC[C@H](NC(=O)c1cc(=O)n(C)c(=O)n1C)c1cn2cccnc2n1. The molecule has 0 unspecified atom stereocenters. The Bertz CT molecular complexity index is 1030. The van der Waals surface area contributed by atoms with Crippen LogP contribution in [-0.4, -0.2) is 29.4 Å². The van der Waals surface area contributed by atoms with Crippen LogP contribution in [0.25, 0.3) is 5.78 Å². The van der Waals surface area contributed by atoms with Gasteiger partial charge in [-0.05, 0) is 12.5 Å². The average Bonchev–Trinajstić information content (AvgIpc) is 3.04. The maximum absolute atomic E-state index is 12.6. The first kappa shape index (κ1) is 16.6. The number of fused-ring (bicyclic) bond motifs is 1. The van der Waals surface area contributed by atoms with Gasteiger partial charge in [0.15, 0.2) is 0 Å². The molecule has 0 saturated carbocycles. The Morgan fingerprint density at radius 1 is 1.28 bits per heavy atom. The third-order valence-corrected chi connectivity index (χ3v) is 4.08. The summed E-state index contributed by atoms with van der Waals surface area (Å²) in [7, 11) is 2.82. The van der Waals surface area contributed by atoms with E-state index in [-0.39, 0.29) is 11.7 Å². The molecule has 0 aliphatic rings. The number of rotatable bonds is 4. The minimum atomic E-state index is -0.553. The van der Waals surface area contributed by atoms with Gasteiger partial charge in [0, 0.05) is 38.8 Å². The van der Waals surface area contributed by atoms with Crippen LogP contribution in [0.2, 0.25) is 0 Å². The lowest BCUT2D eigenvalue weighted by Gasteiger charge is -2.16. The van der Waals surface area contributed by atoms with Crippen molar-refractivity contribution >= 4 is 11.7 Å². The fourth-order valence-electron chi connectivity index (χ4n) is 2.58. The minimum Gasteiger partial charge on any atom is -0.342 e. The van der Waals surface area contributed by atoms with Crippen LogP contribution in [0.5, 0.6) is 0 Å². The first-order chi connectivity index (χ1) is 11.9. The van der Waals surface area contributed by atoms with Crippen LogP contribution in [0, 0.1) is 0 Å². The molecule has 0 bridgehead atoms. The van der Waals surface area contributed by atoms with E-state index in [0.29, 0.717) is 17.9 Å². The van der Waals surface area contributed by atoms with Crippen LogP contribution < -0.4 is 16.6 Å². The van der Waals surface area contributed by atoms with Crippen molar-refractivity contribution in [1.29, 1.82) is 0 Å². The summed E-state index contributed by atoms with van der Waals surface area (Å²) in [6, 6.07) is 2.57. The summed E-state index contributed by atoms with van der Waals surface area (Å²) in [4.78, 5) is 44.9. The molecule has 3 aromatic rings. The van der Waals surface area contributed by atoms with Gasteiger partial charge in [-0.25, -0.2) is 14.8 Å². The van der Waals surface area contributed by atoms with Gasteiger partial charge in [0.25, 0.3) is 11.5 Å². The van der Waals surface area contributed by atoms with Crippen molar-refractivity contribution in [2.75, 3.05) is 0 Å². The third-order valence-electron chi connectivity index (χ3n) is 4.08. The van der Waals surface area contributed by atoms with Gasteiger partial charge in [-0.3, -0.25) is 23.1 Å². The lowest BCUT2D eigenvalue weighted by atomic mass is 10.1. The summed E-state index contributed by atoms with van der Waals surface area (Å²) in [6.07, 6.45) is 5.84. The van der Waals surface area contributed by atoms with Gasteiger partial charge in [-0.15, -0.1) is 0 Å². The molecule has 3 rings (SSSR count). The number of hydrogen-bond acceptors (Lipinski definition) is 5. The Balaban J connectivity index is 1.93. The van der Waals surface area contributed by atoms with Crippen LogP contribution in [0.1, 0.15) is 35.6 Å². The van der Waals surface area contributed by atoms with Crippen molar-refractivity contribution in [1.82, 2.24) is 28.8 Å². The third kappa shape index (κ3) is 2.95. The molecule has 1 amide bonds. The first-order valence-corrected chi connectivity index (χ1v) is 7.80. The minimum absolute atomic E-state index is 0.00781. The second-order valence-corrected chi connectivity index (χ2v) is 5.70. The van der Waals surface area contributed by atoms with Gasteiger partial charge in [0.05, 0.1) is 11.7 Å². The van der Waals surface area contributed by atoms with Gasteiger partial charge in [0.1, 0.15) is 5.69 Å². The average molecular weight is 342 g/mol. The zero-order chi connectivity index (χ0) is 18.1. The van der Waals surface area contributed by atoms with Gasteiger partial charge in [-0.2, -0.15) is 0 Å². The zero-order valence-corrected chi connectivity index (χ0v) is 14.1. The van der Waals surface area contributed by atoms with Crippen LogP contribution in [0.3, 0.4) is 0 Å². The molecule has 3 aromatic heterocycles. The molecule has 0 aliphatic heterocycles. The zero-order valence-electron chi connectivity index (χ0n) is 14.1. The molecule has 9 heteroatoms. The smallest absolute Gasteiger partial charge is 0.331 e. The maximum atomic E-state index is 12.6. The van der Waals surface area contributed by atoms with Crippen molar-refractivity contribution in [3.8, 4) is 0 Å². The standard InChI is InChI=1S/C16H18N6O3/c1-4-10(11-9-22-7-5-6-17-15(22)19-11)18-14(24)12-8-13(23)21(3)16(25)20(12)2/h5-10H,4H2,1-3H3,(H,18,24)/t10-/m0/s1. The molecule has 0 saturated heterocycles. The van der Waals surface area contributed by atoms with E-state index in [4.69, 9.17) is 0 Å². The molecular weight excluding hydrogens is 324 g/mol. The number of carbonyl (C=O) groups excluding carboxylic acids is 1. The highest BCUT2D eigenvalue weighted by atomic mass is 16.2. The molecule has 0 aliphatic carbocycles. The summed E-state index contributed by atoms with van der Waals surface area (Å²) >= 11 is 0. The Morgan fingerprint density at radius 3 is 2.72 bits per heavy atom. The van der Waals surface area contributed by atoms with Crippen molar-refractivity contribution in [2.45, 2.75) is 19.4 Å². The molecule has 0 aromatic carbocycles. The van der Waals surface area contributed by atoms with Crippen LogP contribution in [0.4, 0.5) is 0 Å². The highest BCUT2D eigenvalue weighted by Crippen LogP contribution is 2.16. The van der Waals surface area contributed by atoms with Gasteiger partial charge in [-0.1, -0.05) is 6.92 Å². The van der Waals surface area contributed by atoms with Crippen LogP contribution in [-0.2, 0) is 14.1 Å². The van der Waals surface area contributed by atoms with E-state index < -0.39 is 17.2 Å². The Morgan fingerprint density at radius 2 is 2.04 bits per heavy atom. The molecule has 1 N–H and O–H groups in total. The number of carbonyl (C=O) groups is 1. The lowest BCUT2D eigenvalue weighted by molar-refractivity contribution is 0.0924. The highest BCUT2D eigenvalue weighted by molar-refractivity contribution is 5.92. The second kappa shape index (κ2) is 6.34. The number of nitrogens with one attached hydrogen (secondary N) is 1. The van der Waals surface area contributed by atoms with Crippen molar-refractivity contribution < 1.29 is 4.79 Å². The van der Waals surface area contributed by atoms with Crippen LogP contribution >= 0.6 is 0 Å². The monoisotopic (exact) mass is 342 g/mol. The molecule has 9 nitrogen and oxygen atoms in total.